The van der Waals surface area contributed by atoms with Crippen molar-refractivity contribution in [3.05, 3.63) is 28.8 Å². The van der Waals surface area contributed by atoms with Gasteiger partial charge in [0.1, 0.15) is 0 Å². The molecule has 3 N–H and O–H groups in total. The molecule has 114 valence electrons. The third kappa shape index (κ3) is 3.04. The van der Waals surface area contributed by atoms with E-state index in [1.54, 1.807) is 6.07 Å². The van der Waals surface area contributed by atoms with Crippen molar-refractivity contribution in [3.8, 4) is 0 Å². The molecule has 0 spiro atoms. The summed E-state index contributed by atoms with van der Waals surface area (Å²) >= 11 is 5.94. The van der Waals surface area contributed by atoms with Gasteiger partial charge in [0.2, 0.25) is 5.91 Å². The minimum absolute atomic E-state index is 0.182. The molecular weight excluding hydrogens is 292 g/mol. The fourth-order valence-corrected chi connectivity index (χ4v) is 2.82. The van der Waals surface area contributed by atoms with E-state index in [4.69, 9.17) is 22.1 Å². The van der Waals surface area contributed by atoms with Crippen LogP contribution in [-0.4, -0.2) is 25.0 Å². The molecule has 1 aliphatic carbocycles. The molecule has 1 aromatic carbocycles. The first kappa shape index (κ1) is 15.8. The van der Waals surface area contributed by atoms with Gasteiger partial charge in [0.15, 0.2) is 0 Å². The van der Waals surface area contributed by atoms with Crippen LogP contribution in [0, 0.1) is 5.41 Å². The summed E-state index contributed by atoms with van der Waals surface area (Å²) in [5, 5.41) is 3.20. The number of anilines is 1. The molecule has 0 aromatic heterocycles. The minimum Gasteiger partial charge on any atom is -0.465 e. The Balaban J connectivity index is 2.28. The number of rotatable bonds is 3. The first-order valence-electron chi connectivity index (χ1n) is 6.83. The molecule has 0 bridgehead atoms. The van der Waals surface area contributed by atoms with Crippen molar-refractivity contribution in [1.82, 2.24) is 0 Å². The van der Waals surface area contributed by atoms with E-state index < -0.39 is 11.4 Å². The van der Waals surface area contributed by atoms with Gasteiger partial charge >= 0.3 is 5.97 Å². The van der Waals surface area contributed by atoms with Gasteiger partial charge in [-0.15, -0.1) is 0 Å². The molecule has 1 fully saturated rings. The van der Waals surface area contributed by atoms with Gasteiger partial charge in [0.25, 0.3) is 0 Å². The van der Waals surface area contributed by atoms with Crippen LogP contribution in [0.15, 0.2) is 18.2 Å². The van der Waals surface area contributed by atoms with Crippen molar-refractivity contribution in [3.63, 3.8) is 0 Å². The average molecular weight is 311 g/mol. The van der Waals surface area contributed by atoms with E-state index in [-0.39, 0.29) is 17.5 Å². The number of hydrogen-bond acceptors (Lipinski definition) is 4. The number of amides is 1. The second kappa shape index (κ2) is 6.03. The predicted octanol–water partition coefficient (Wildman–Crippen LogP) is 2.58. The topological polar surface area (TPSA) is 81.4 Å². The summed E-state index contributed by atoms with van der Waals surface area (Å²) in [6.45, 7) is 1.85. The maximum absolute atomic E-state index is 12.5. The third-order valence-corrected chi connectivity index (χ3v) is 4.42. The lowest BCUT2D eigenvalue weighted by atomic mass is 9.84. The Morgan fingerprint density at radius 3 is 2.76 bits per heavy atom. The predicted molar refractivity (Wildman–Crippen MR) is 81.4 cm³/mol. The maximum Gasteiger partial charge on any atom is 0.339 e. The SMILES string of the molecule is COC(=O)c1ccc(Cl)cc1NC(=O)C1(C)CCCC1N. The smallest absolute Gasteiger partial charge is 0.339 e. The molecular formula is C15H19ClN2O3. The van der Waals surface area contributed by atoms with E-state index in [0.717, 1.165) is 19.3 Å². The van der Waals surface area contributed by atoms with Crippen LogP contribution in [0.4, 0.5) is 5.69 Å². The van der Waals surface area contributed by atoms with Crippen LogP contribution < -0.4 is 11.1 Å². The molecule has 2 rings (SSSR count). The molecule has 0 heterocycles. The molecule has 21 heavy (non-hydrogen) atoms. The van der Waals surface area contributed by atoms with Crippen molar-refractivity contribution in [2.45, 2.75) is 32.2 Å². The number of carbonyl (C=O) groups excluding carboxylic acids is 2. The van der Waals surface area contributed by atoms with Crippen LogP contribution in [0.3, 0.4) is 0 Å². The van der Waals surface area contributed by atoms with E-state index in [2.05, 4.69) is 5.32 Å². The average Bonchev–Trinajstić information content (AvgIpc) is 2.79. The maximum atomic E-state index is 12.5. The largest absolute Gasteiger partial charge is 0.465 e. The van der Waals surface area contributed by atoms with Crippen LogP contribution in [0.1, 0.15) is 36.5 Å². The molecule has 1 amide bonds. The number of ether oxygens (including phenoxy) is 1. The molecule has 1 saturated carbocycles. The third-order valence-electron chi connectivity index (χ3n) is 4.18. The van der Waals surface area contributed by atoms with E-state index in [1.165, 1.54) is 19.2 Å². The summed E-state index contributed by atoms with van der Waals surface area (Å²) < 4.78 is 4.71. The highest BCUT2D eigenvalue weighted by molar-refractivity contribution is 6.31. The van der Waals surface area contributed by atoms with E-state index in [9.17, 15) is 9.59 Å². The highest BCUT2D eigenvalue weighted by atomic mass is 35.5. The van der Waals surface area contributed by atoms with Gasteiger partial charge < -0.3 is 15.8 Å². The highest BCUT2D eigenvalue weighted by Gasteiger charge is 2.43. The second-order valence-electron chi connectivity index (χ2n) is 5.55. The van der Waals surface area contributed by atoms with Gasteiger partial charge in [-0.2, -0.15) is 0 Å². The summed E-state index contributed by atoms with van der Waals surface area (Å²) in [7, 11) is 1.29. The normalized spacial score (nSPS) is 24.7. The molecule has 1 aliphatic rings. The summed E-state index contributed by atoms with van der Waals surface area (Å²) in [6, 6.07) is 4.46. The molecule has 0 radical (unpaired) electrons. The number of carbonyl (C=O) groups is 2. The quantitative estimate of drug-likeness (QED) is 0.841. The number of methoxy groups -OCH3 is 1. The lowest BCUT2D eigenvalue weighted by Gasteiger charge is -2.27. The molecule has 6 heteroatoms. The van der Waals surface area contributed by atoms with Gasteiger partial charge in [-0.05, 0) is 38.0 Å². The number of hydrogen-bond donors (Lipinski definition) is 2. The van der Waals surface area contributed by atoms with Crippen LogP contribution in [0.5, 0.6) is 0 Å². The number of esters is 1. The van der Waals surface area contributed by atoms with Crippen LogP contribution in [0.25, 0.3) is 0 Å². The Morgan fingerprint density at radius 1 is 1.48 bits per heavy atom. The Bertz CT molecular complexity index is 576. The number of benzene rings is 1. The number of nitrogens with two attached hydrogens (primary N) is 1. The molecule has 2 atom stereocenters. The van der Waals surface area contributed by atoms with Crippen molar-refractivity contribution >= 4 is 29.2 Å². The fraction of sp³-hybridized carbons (Fsp3) is 0.467. The van der Waals surface area contributed by atoms with Gasteiger partial charge in [0, 0.05) is 11.1 Å². The summed E-state index contributed by atoms with van der Waals surface area (Å²) in [4.78, 5) is 24.3. The van der Waals surface area contributed by atoms with Crippen LogP contribution >= 0.6 is 11.6 Å². The summed E-state index contributed by atoms with van der Waals surface area (Å²) in [6.07, 6.45) is 2.47. The van der Waals surface area contributed by atoms with E-state index in [1.807, 2.05) is 6.92 Å². The van der Waals surface area contributed by atoms with Gasteiger partial charge in [0.05, 0.1) is 23.8 Å². The van der Waals surface area contributed by atoms with Gasteiger partial charge in [-0.25, -0.2) is 4.79 Å². The number of halogens is 1. The molecule has 2 unspecified atom stereocenters. The summed E-state index contributed by atoms with van der Waals surface area (Å²) in [5.74, 6) is -0.720. The minimum atomic E-state index is -0.629. The molecule has 0 saturated heterocycles. The van der Waals surface area contributed by atoms with E-state index in [0.29, 0.717) is 10.7 Å². The van der Waals surface area contributed by atoms with Gasteiger partial charge in [-0.3, -0.25) is 4.79 Å². The standard InChI is InChI=1S/C15H19ClN2O3/c1-15(7-3-4-12(15)17)14(20)18-11-8-9(16)5-6-10(11)13(19)21-2/h5-6,8,12H,3-4,7,17H2,1-2H3,(H,18,20). The number of nitrogens with one attached hydrogen (secondary N) is 1. The molecule has 5 nitrogen and oxygen atoms in total. The highest BCUT2D eigenvalue weighted by Crippen LogP contribution is 2.38. The monoisotopic (exact) mass is 310 g/mol. The van der Waals surface area contributed by atoms with Crippen molar-refractivity contribution < 1.29 is 14.3 Å². The van der Waals surface area contributed by atoms with Gasteiger partial charge in [-0.1, -0.05) is 18.0 Å². The lowest BCUT2D eigenvalue weighted by molar-refractivity contribution is -0.125. The fourth-order valence-electron chi connectivity index (χ4n) is 2.65. The molecule has 1 aromatic rings. The zero-order valence-corrected chi connectivity index (χ0v) is 12.9. The van der Waals surface area contributed by atoms with Crippen LogP contribution in [0.2, 0.25) is 5.02 Å². The Labute approximate surface area is 128 Å². The Morgan fingerprint density at radius 2 is 2.19 bits per heavy atom. The Hall–Kier alpha value is -1.59. The zero-order chi connectivity index (χ0) is 15.6. The van der Waals surface area contributed by atoms with Crippen molar-refractivity contribution in [1.29, 1.82) is 0 Å². The van der Waals surface area contributed by atoms with E-state index >= 15 is 0 Å². The zero-order valence-electron chi connectivity index (χ0n) is 12.1. The van der Waals surface area contributed by atoms with Crippen LogP contribution in [-0.2, 0) is 9.53 Å². The van der Waals surface area contributed by atoms with Crippen molar-refractivity contribution in [2.24, 2.45) is 11.1 Å². The first-order chi connectivity index (χ1) is 9.88. The Kier molecular flexibility index (Phi) is 4.54. The second-order valence-corrected chi connectivity index (χ2v) is 5.99. The summed E-state index contributed by atoms with van der Waals surface area (Å²) in [5.41, 5.74) is 6.03. The lowest BCUT2D eigenvalue weighted by Crippen LogP contribution is -2.44. The van der Waals surface area contributed by atoms with Crippen molar-refractivity contribution in [2.75, 3.05) is 12.4 Å². The molecule has 0 aliphatic heterocycles. The first-order valence-corrected chi connectivity index (χ1v) is 7.21.